The van der Waals surface area contributed by atoms with Gasteiger partial charge in [-0.25, -0.2) is 9.97 Å². The maximum atomic E-state index is 11.2. The third kappa shape index (κ3) is 3.26. The fourth-order valence-corrected chi connectivity index (χ4v) is 5.16. The molecule has 3 heterocycles. The zero-order chi connectivity index (χ0) is 21.7. The molecule has 3 aromatic rings. The summed E-state index contributed by atoms with van der Waals surface area (Å²) in [5.41, 5.74) is 5.64. The summed E-state index contributed by atoms with van der Waals surface area (Å²) >= 11 is 6.35. The van der Waals surface area contributed by atoms with Gasteiger partial charge in [0.1, 0.15) is 6.10 Å². The van der Waals surface area contributed by atoms with Crippen LogP contribution in [-0.4, -0.2) is 47.5 Å². The van der Waals surface area contributed by atoms with Crippen LogP contribution in [-0.2, 0) is 14.9 Å². The molecule has 3 aliphatic rings. The molecular weight excluding hydrogens is 424 g/mol. The van der Waals surface area contributed by atoms with Crippen molar-refractivity contribution in [1.82, 2.24) is 14.9 Å². The van der Waals surface area contributed by atoms with Gasteiger partial charge in [0.2, 0.25) is 12.4 Å². The highest BCUT2D eigenvalue weighted by Gasteiger charge is 2.52. The zero-order valence-electron chi connectivity index (χ0n) is 17.6. The second-order valence-corrected chi connectivity index (χ2v) is 9.26. The Hall–Kier alpha value is -2.96. The number of halogens is 1. The van der Waals surface area contributed by atoms with Crippen molar-refractivity contribution in [3.8, 4) is 11.1 Å². The number of carbonyl (C=O) groups is 1. The molecule has 2 aliphatic heterocycles. The fourth-order valence-electron chi connectivity index (χ4n) is 4.91. The molecule has 1 aromatic heterocycles. The molecule has 1 atom stereocenters. The Kier molecular flexibility index (Phi) is 4.66. The molecule has 1 aliphatic carbocycles. The Labute approximate surface area is 191 Å². The number of hydrogen-bond acceptors (Lipinski definition) is 5. The van der Waals surface area contributed by atoms with Gasteiger partial charge in [-0.3, -0.25) is 4.79 Å². The number of aromatic nitrogens is 2. The minimum absolute atomic E-state index is 0.111. The molecule has 1 saturated carbocycles. The van der Waals surface area contributed by atoms with Crippen LogP contribution < -0.4 is 4.90 Å². The van der Waals surface area contributed by atoms with E-state index in [2.05, 4.69) is 23.1 Å². The van der Waals surface area contributed by atoms with Gasteiger partial charge in [0.15, 0.2) is 0 Å². The van der Waals surface area contributed by atoms with Crippen molar-refractivity contribution in [1.29, 1.82) is 0 Å². The van der Waals surface area contributed by atoms with Crippen LogP contribution in [0.3, 0.4) is 0 Å². The van der Waals surface area contributed by atoms with Gasteiger partial charge < -0.3 is 14.5 Å². The highest BCUT2D eigenvalue weighted by atomic mass is 35.5. The van der Waals surface area contributed by atoms with Crippen molar-refractivity contribution in [3.63, 3.8) is 0 Å². The second kappa shape index (κ2) is 7.57. The molecule has 0 N–H and O–H groups in total. The summed E-state index contributed by atoms with van der Waals surface area (Å²) in [5.74, 6) is 0.696. The summed E-state index contributed by atoms with van der Waals surface area (Å²) in [4.78, 5) is 24.7. The van der Waals surface area contributed by atoms with Gasteiger partial charge in [0, 0.05) is 52.7 Å². The topological polar surface area (TPSA) is 58.6 Å². The molecule has 2 aromatic carbocycles. The average molecular weight is 447 g/mol. The van der Waals surface area contributed by atoms with Crippen LogP contribution in [0.15, 0.2) is 54.9 Å². The predicted molar refractivity (Wildman–Crippen MR) is 123 cm³/mol. The van der Waals surface area contributed by atoms with Gasteiger partial charge in [0.25, 0.3) is 0 Å². The average Bonchev–Trinajstić information content (AvgIpc) is 3.56. The first-order valence-corrected chi connectivity index (χ1v) is 11.3. The monoisotopic (exact) mass is 446 g/mol. The molecule has 1 saturated heterocycles. The predicted octanol–water partition coefficient (Wildman–Crippen LogP) is 4.51. The van der Waals surface area contributed by atoms with E-state index in [1.165, 1.54) is 18.4 Å². The highest BCUT2D eigenvalue weighted by Crippen LogP contribution is 2.58. The quantitative estimate of drug-likeness (QED) is 0.552. The van der Waals surface area contributed by atoms with Gasteiger partial charge in [-0.15, -0.1) is 0 Å². The zero-order valence-corrected chi connectivity index (χ0v) is 18.3. The molecule has 1 amide bonds. The van der Waals surface area contributed by atoms with Crippen LogP contribution >= 0.6 is 11.6 Å². The summed E-state index contributed by atoms with van der Waals surface area (Å²) in [6.45, 7) is 2.67. The molecule has 6 nitrogen and oxygen atoms in total. The Morgan fingerprint density at radius 1 is 1.12 bits per heavy atom. The molecule has 0 radical (unpaired) electrons. The smallest absolute Gasteiger partial charge is 0.229 e. The Balaban J connectivity index is 1.33. The van der Waals surface area contributed by atoms with Crippen LogP contribution in [0.2, 0.25) is 5.02 Å². The van der Waals surface area contributed by atoms with Crippen molar-refractivity contribution in [2.45, 2.75) is 24.4 Å². The molecule has 6 rings (SSSR count). The SMILES string of the molecule is O=CN1CCOC(c2ccc3c(c2)N(c2ncc(-c4ccccc4Cl)cn2)CC32CC2)C1. The third-order valence-electron chi connectivity index (χ3n) is 6.88. The molecule has 2 fully saturated rings. The largest absolute Gasteiger partial charge is 0.370 e. The number of amides is 1. The fraction of sp³-hybridized carbons (Fsp3) is 0.320. The van der Waals surface area contributed by atoms with Gasteiger partial charge in [-0.2, -0.15) is 0 Å². The van der Waals surface area contributed by atoms with E-state index in [1.807, 2.05) is 36.7 Å². The Morgan fingerprint density at radius 2 is 1.94 bits per heavy atom. The van der Waals surface area contributed by atoms with Crippen molar-refractivity contribution in [3.05, 3.63) is 71.0 Å². The van der Waals surface area contributed by atoms with Gasteiger partial charge in [-0.1, -0.05) is 41.9 Å². The Bertz CT molecular complexity index is 1180. The standard InChI is InChI=1S/C25H23ClN4O2/c26-21-4-2-1-3-19(21)18-12-27-24(28-13-18)30-15-25(7-8-25)20-6-5-17(11-22(20)30)23-14-29(16-31)9-10-32-23/h1-6,11-13,16,23H,7-10,14-15H2. The van der Waals surface area contributed by atoms with E-state index in [1.54, 1.807) is 4.90 Å². The summed E-state index contributed by atoms with van der Waals surface area (Å²) in [6, 6.07) is 14.3. The van der Waals surface area contributed by atoms with Crippen LogP contribution in [0.4, 0.5) is 11.6 Å². The van der Waals surface area contributed by atoms with Crippen molar-refractivity contribution in [2.24, 2.45) is 0 Å². The molecule has 1 spiro atoms. The maximum absolute atomic E-state index is 11.2. The van der Waals surface area contributed by atoms with E-state index in [4.69, 9.17) is 26.3 Å². The number of nitrogens with zero attached hydrogens (tertiary/aromatic N) is 4. The number of morpholine rings is 1. The molecule has 32 heavy (non-hydrogen) atoms. The summed E-state index contributed by atoms with van der Waals surface area (Å²) in [5, 5.41) is 0.689. The number of benzene rings is 2. The van der Waals surface area contributed by atoms with E-state index >= 15 is 0 Å². The first-order valence-electron chi connectivity index (χ1n) is 11.0. The minimum atomic E-state index is -0.111. The van der Waals surface area contributed by atoms with E-state index in [0.717, 1.165) is 35.3 Å². The molecule has 162 valence electrons. The van der Waals surface area contributed by atoms with E-state index in [-0.39, 0.29) is 11.5 Å². The van der Waals surface area contributed by atoms with E-state index in [0.29, 0.717) is 30.7 Å². The number of rotatable bonds is 4. The van der Waals surface area contributed by atoms with Crippen LogP contribution in [0, 0.1) is 0 Å². The summed E-state index contributed by atoms with van der Waals surface area (Å²) in [6.07, 6.45) is 6.86. The van der Waals surface area contributed by atoms with Crippen molar-refractivity contribution < 1.29 is 9.53 Å². The van der Waals surface area contributed by atoms with Crippen LogP contribution in [0.25, 0.3) is 11.1 Å². The molecule has 1 unspecified atom stereocenters. The van der Waals surface area contributed by atoms with E-state index in [9.17, 15) is 4.79 Å². The maximum Gasteiger partial charge on any atom is 0.229 e. The molecule has 7 heteroatoms. The molecule has 0 bridgehead atoms. The number of ether oxygens (including phenoxy) is 1. The molecular formula is C25H23ClN4O2. The van der Waals surface area contributed by atoms with Gasteiger partial charge in [0.05, 0.1) is 13.2 Å². The minimum Gasteiger partial charge on any atom is -0.370 e. The van der Waals surface area contributed by atoms with Crippen LogP contribution in [0.1, 0.15) is 30.1 Å². The second-order valence-electron chi connectivity index (χ2n) is 8.85. The lowest BCUT2D eigenvalue weighted by atomic mass is 9.96. The number of hydrogen-bond donors (Lipinski definition) is 0. The number of anilines is 2. The first-order chi connectivity index (χ1) is 15.7. The number of fused-ring (bicyclic) bond motifs is 2. The lowest BCUT2D eigenvalue weighted by molar-refractivity contribution is -0.125. The lowest BCUT2D eigenvalue weighted by Gasteiger charge is -2.31. The van der Waals surface area contributed by atoms with Crippen molar-refractivity contribution in [2.75, 3.05) is 31.1 Å². The highest BCUT2D eigenvalue weighted by molar-refractivity contribution is 6.33. The first kappa shape index (κ1) is 19.7. The van der Waals surface area contributed by atoms with Crippen LogP contribution in [0.5, 0.6) is 0 Å². The number of carbonyl (C=O) groups excluding carboxylic acids is 1. The van der Waals surface area contributed by atoms with Crippen molar-refractivity contribution >= 4 is 29.6 Å². The lowest BCUT2D eigenvalue weighted by Crippen LogP contribution is -2.37. The van der Waals surface area contributed by atoms with E-state index < -0.39 is 0 Å². The third-order valence-corrected chi connectivity index (χ3v) is 7.21. The van der Waals surface area contributed by atoms with Gasteiger partial charge in [-0.05, 0) is 36.1 Å². The summed E-state index contributed by atoms with van der Waals surface area (Å²) in [7, 11) is 0. The Morgan fingerprint density at radius 3 is 2.69 bits per heavy atom. The summed E-state index contributed by atoms with van der Waals surface area (Å²) < 4.78 is 5.98. The van der Waals surface area contributed by atoms with Gasteiger partial charge >= 0.3 is 0 Å². The normalized spacial score (nSPS) is 21.0.